The molecule has 0 aliphatic carbocycles. The predicted molar refractivity (Wildman–Crippen MR) is 100 cm³/mol. The smallest absolute Gasteiger partial charge is 0.255 e. The summed E-state index contributed by atoms with van der Waals surface area (Å²) in [7, 11) is 0. The van der Waals surface area contributed by atoms with E-state index in [1.165, 1.54) is 0 Å². The fraction of sp³-hybridized carbons (Fsp3) is 0.250. The molecule has 1 aromatic heterocycles. The van der Waals surface area contributed by atoms with Crippen molar-refractivity contribution in [2.24, 2.45) is 0 Å². The summed E-state index contributed by atoms with van der Waals surface area (Å²) in [6, 6.07) is 14.7. The van der Waals surface area contributed by atoms with Gasteiger partial charge in [0.1, 0.15) is 25.0 Å². The maximum absolute atomic E-state index is 12.7. The van der Waals surface area contributed by atoms with Crippen molar-refractivity contribution in [3.63, 3.8) is 0 Å². The van der Waals surface area contributed by atoms with Gasteiger partial charge in [-0.2, -0.15) is 0 Å². The molecule has 4 rings (SSSR count). The van der Waals surface area contributed by atoms with Gasteiger partial charge in [0.2, 0.25) is 0 Å². The molecule has 1 saturated heterocycles. The molecule has 138 valence electrons. The lowest BCUT2D eigenvalue weighted by atomic mass is 10.1. The minimum Gasteiger partial charge on any atom is -0.489 e. The third-order valence-corrected chi connectivity index (χ3v) is 4.41. The molecule has 7 nitrogen and oxygen atoms in total. The van der Waals surface area contributed by atoms with E-state index in [0.29, 0.717) is 23.6 Å². The second-order valence-corrected chi connectivity index (χ2v) is 6.32. The van der Waals surface area contributed by atoms with E-state index in [2.05, 4.69) is 15.5 Å². The number of ether oxygens (including phenoxy) is 2. The highest BCUT2D eigenvalue weighted by molar-refractivity contribution is 6.05. The molecule has 1 aliphatic heterocycles. The van der Waals surface area contributed by atoms with Crippen molar-refractivity contribution in [2.45, 2.75) is 18.9 Å². The molecule has 27 heavy (non-hydrogen) atoms. The van der Waals surface area contributed by atoms with Crippen LogP contribution < -0.4 is 10.1 Å². The van der Waals surface area contributed by atoms with E-state index in [4.69, 9.17) is 9.47 Å². The van der Waals surface area contributed by atoms with E-state index in [0.717, 1.165) is 25.1 Å². The molecular weight excluding hydrogens is 344 g/mol. The van der Waals surface area contributed by atoms with Crippen LogP contribution in [0, 0.1) is 0 Å². The van der Waals surface area contributed by atoms with Crippen molar-refractivity contribution in [3.05, 3.63) is 66.7 Å². The van der Waals surface area contributed by atoms with Gasteiger partial charge < -0.3 is 14.8 Å². The summed E-state index contributed by atoms with van der Waals surface area (Å²) in [5.74, 6) is 0.425. The average molecular weight is 364 g/mol. The third kappa shape index (κ3) is 4.15. The molecule has 1 unspecified atom stereocenters. The Balaban J connectivity index is 1.47. The highest BCUT2D eigenvalue weighted by Gasteiger charge is 2.17. The van der Waals surface area contributed by atoms with Crippen LogP contribution in [0.1, 0.15) is 23.2 Å². The Morgan fingerprint density at radius 3 is 2.85 bits per heavy atom. The van der Waals surface area contributed by atoms with Gasteiger partial charge in [0.25, 0.3) is 5.91 Å². The number of carbonyl (C=O) groups is 1. The largest absolute Gasteiger partial charge is 0.489 e. The first-order chi connectivity index (χ1) is 13.3. The highest BCUT2D eigenvalue weighted by Crippen LogP contribution is 2.26. The second-order valence-electron chi connectivity index (χ2n) is 6.32. The van der Waals surface area contributed by atoms with Crippen LogP contribution in [0.25, 0.3) is 5.69 Å². The van der Waals surface area contributed by atoms with E-state index >= 15 is 0 Å². The standard InChI is InChI=1S/C20H20N4O3/c25-20(15-5-3-6-16(11-15)24-13-21-22-14-24)23-18-8-1-2-9-19(18)27-12-17-7-4-10-26-17/h1-3,5-6,8-9,11,13-14,17H,4,7,10,12H2,(H,23,25). The van der Waals surface area contributed by atoms with Crippen LogP contribution in [0.15, 0.2) is 61.2 Å². The Kier molecular flexibility index (Phi) is 5.11. The van der Waals surface area contributed by atoms with E-state index in [1.54, 1.807) is 29.4 Å². The zero-order chi connectivity index (χ0) is 18.5. The van der Waals surface area contributed by atoms with Crippen LogP contribution in [0.5, 0.6) is 5.75 Å². The van der Waals surface area contributed by atoms with Crippen molar-refractivity contribution in [1.29, 1.82) is 0 Å². The minimum absolute atomic E-state index is 0.120. The first-order valence-electron chi connectivity index (χ1n) is 8.89. The second kappa shape index (κ2) is 8.01. The van der Waals surface area contributed by atoms with Gasteiger partial charge >= 0.3 is 0 Å². The number of para-hydroxylation sites is 2. The number of aromatic nitrogens is 3. The first-order valence-corrected chi connectivity index (χ1v) is 8.89. The summed E-state index contributed by atoms with van der Waals surface area (Å²) < 4.78 is 13.2. The fourth-order valence-corrected chi connectivity index (χ4v) is 2.99. The molecule has 1 aliphatic rings. The third-order valence-electron chi connectivity index (χ3n) is 4.41. The van der Waals surface area contributed by atoms with Gasteiger partial charge in [0, 0.05) is 17.9 Å². The summed E-state index contributed by atoms with van der Waals surface area (Å²) in [6.45, 7) is 1.27. The fourth-order valence-electron chi connectivity index (χ4n) is 2.99. The number of hydrogen-bond acceptors (Lipinski definition) is 5. The van der Waals surface area contributed by atoms with E-state index in [1.807, 2.05) is 36.4 Å². The molecule has 1 amide bonds. The number of carbonyl (C=O) groups excluding carboxylic acids is 1. The molecule has 1 atom stereocenters. The van der Waals surface area contributed by atoms with Crippen molar-refractivity contribution in [3.8, 4) is 11.4 Å². The van der Waals surface area contributed by atoms with Gasteiger partial charge in [0.15, 0.2) is 0 Å². The number of rotatable bonds is 6. The van der Waals surface area contributed by atoms with Crippen LogP contribution in [0.4, 0.5) is 5.69 Å². The number of amides is 1. The normalized spacial score (nSPS) is 16.2. The highest BCUT2D eigenvalue weighted by atomic mass is 16.5. The number of nitrogens with one attached hydrogen (secondary N) is 1. The summed E-state index contributed by atoms with van der Waals surface area (Å²) >= 11 is 0. The average Bonchev–Trinajstić information content (AvgIpc) is 3.41. The predicted octanol–water partition coefficient (Wildman–Crippen LogP) is 3.08. The maximum Gasteiger partial charge on any atom is 0.255 e. The van der Waals surface area contributed by atoms with E-state index in [9.17, 15) is 4.79 Å². The van der Waals surface area contributed by atoms with Crippen LogP contribution in [-0.4, -0.2) is 40.0 Å². The Morgan fingerprint density at radius 1 is 1.19 bits per heavy atom. The molecule has 0 bridgehead atoms. The molecule has 0 saturated carbocycles. The van der Waals surface area contributed by atoms with Gasteiger partial charge in [-0.25, -0.2) is 0 Å². The monoisotopic (exact) mass is 364 g/mol. The van der Waals surface area contributed by atoms with Crippen LogP contribution in [0.2, 0.25) is 0 Å². The number of benzene rings is 2. The Labute approximate surface area is 156 Å². The Morgan fingerprint density at radius 2 is 2.04 bits per heavy atom. The molecule has 0 spiro atoms. The molecule has 1 fully saturated rings. The number of nitrogens with zero attached hydrogens (tertiary/aromatic N) is 3. The van der Waals surface area contributed by atoms with E-state index < -0.39 is 0 Å². The Bertz CT molecular complexity index is 905. The first kappa shape index (κ1) is 17.2. The van der Waals surface area contributed by atoms with Crippen molar-refractivity contribution in [1.82, 2.24) is 14.8 Å². The molecule has 0 radical (unpaired) electrons. The maximum atomic E-state index is 12.7. The lowest BCUT2D eigenvalue weighted by Gasteiger charge is -2.15. The van der Waals surface area contributed by atoms with Crippen molar-refractivity contribution in [2.75, 3.05) is 18.5 Å². The molecule has 2 heterocycles. The quantitative estimate of drug-likeness (QED) is 0.727. The van der Waals surface area contributed by atoms with Gasteiger partial charge in [-0.1, -0.05) is 18.2 Å². The zero-order valence-electron chi connectivity index (χ0n) is 14.7. The minimum atomic E-state index is -0.210. The summed E-state index contributed by atoms with van der Waals surface area (Å²) in [5, 5.41) is 10.5. The summed E-state index contributed by atoms with van der Waals surface area (Å²) in [6.07, 6.45) is 5.37. The van der Waals surface area contributed by atoms with Crippen molar-refractivity contribution < 1.29 is 14.3 Å². The topological polar surface area (TPSA) is 78.3 Å². The lowest BCUT2D eigenvalue weighted by Crippen LogP contribution is -2.18. The van der Waals surface area contributed by atoms with Gasteiger partial charge in [-0.15, -0.1) is 10.2 Å². The number of hydrogen-bond donors (Lipinski definition) is 1. The lowest BCUT2D eigenvalue weighted by molar-refractivity contribution is 0.0682. The Hall–Kier alpha value is -3.19. The summed E-state index contributed by atoms with van der Waals surface area (Å²) in [5.41, 5.74) is 1.99. The SMILES string of the molecule is O=C(Nc1ccccc1OCC1CCCO1)c1cccc(-n2cnnc2)c1. The molecular formula is C20H20N4O3. The summed E-state index contributed by atoms with van der Waals surface area (Å²) in [4.78, 5) is 12.7. The van der Waals surface area contributed by atoms with Gasteiger partial charge in [0.05, 0.1) is 11.8 Å². The molecule has 7 heteroatoms. The molecule has 3 aromatic rings. The van der Waals surface area contributed by atoms with Crippen LogP contribution in [-0.2, 0) is 4.74 Å². The van der Waals surface area contributed by atoms with Gasteiger partial charge in [-0.05, 0) is 43.2 Å². The molecule has 2 aromatic carbocycles. The number of anilines is 1. The molecule has 1 N–H and O–H groups in total. The van der Waals surface area contributed by atoms with Crippen molar-refractivity contribution >= 4 is 11.6 Å². The van der Waals surface area contributed by atoms with Crippen LogP contribution in [0.3, 0.4) is 0 Å². The van der Waals surface area contributed by atoms with Gasteiger partial charge in [-0.3, -0.25) is 9.36 Å². The van der Waals surface area contributed by atoms with Crippen LogP contribution >= 0.6 is 0 Å². The van der Waals surface area contributed by atoms with E-state index in [-0.39, 0.29) is 12.0 Å². The zero-order valence-corrected chi connectivity index (χ0v) is 14.7.